The number of carbonyl (C=O) groups is 2. The van der Waals surface area contributed by atoms with Crippen molar-refractivity contribution in [3.05, 3.63) is 71.8 Å². The van der Waals surface area contributed by atoms with Crippen LogP contribution in [0.5, 0.6) is 0 Å². The van der Waals surface area contributed by atoms with E-state index < -0.39 is 32.4 Å². The molecular weight excluding hydrogens is 508 g/mol. The van der Waals surface area contributed by atoms with Crippen LogP contribution in [0.3, 0.4) is 0 Å². The van der Waals surface area contributed by atoms with Gasteiger partial charge in [0.25, 0.3) is 0 Å². The quantitative estimate of drug-likeness (QED) is 0.268. The van der Waals surface area contributed by atoms with E-state index in [1.165, 1.54) is 0 Å². The molecule has 37 heavy (non-hydrogen) atoms. The summed E-state index contributed by atoms with van der Waals surface area (Å²) in [4.78, 5) is 25.2. The van der Waals surface area contributed by atoms with Gasteiger partial charge in [-0.25, -0.2) is 0 Å². The van der Waals surface area contributed by atoms with Gasteiger partial charge in [-0.2, -0.15) is 0 Å². The molecule has 2 rings (SSSR count). The molecule has 0 radical (unpaired) electrons. The Morgan fingerprint density at radius 3 is 1.57 bits per heavy atom. The highest BCUT2D eigenvalue weighted by Crippen LogP contribution is 2.28. The van der Waals surface area contributed by atoms with Crippen molar-refractivity contribution in [2.75, 3.05) is 23.0 Å². The highest BCUT2D eigenvalue weighted by atomic mass is 32.2. The zero-order chi connectivity index (χ0) is 27.3. The van der Waals surface area contributed by atoms with Gasteiger partial charge in [0.15, 0.2) is 0 Å². The minimum atomic E-state index is -1.20. The number of esters is 2. The van der Waals surface area contributed by atoms with Gasteiger partial charge in [-0.3, -0.25) is 18.0 Å². The number of ether oxygens (including phenoxy) is 2. The standard InChI is InChI=1S/C29H40O6S2/c1-5-29(4,27(31)35-23-25-14-10-7-11-15-25)17-19-37(33)21-20-36(32)18-16-28(2,3)26(30)34-22-24-12-8-6-9-13-24/h6-15H,5,16-23H2,1-4H3. The number of hydrogen-bond acceptors (Lipinski definition) is 6. The minimum Gasteiger partial charge on any atom is -0.460 e. The fourth-order valence-corrected chi connectivity index (χ4v) is 6.75. The average molecular weight is 549 g/mol. The van der Waals surface area contributed by atoms with Crippen LogP contribution < -0.4 is 0 Å². The second-order valence-electron chi connectivity index (χ2n) is 10.1. The smallest absolute Gasteiger partial charge is 0.312 e. The molecule has 0 bridgehead atoms. The number of rotatable bonds is 16. The molecule has 0 aliphatic carbocycles. The molecule has 0 amide bonds. The van der Waals surface area contributed by atoms with Crippen LogP contribution in [0.4, 0.5) is 0 Å². The molecule has 0 saturated carbocycles. The Labute approximate surface area is 226 Å². The molecule has 6 nitrogen and oxygen atoms in total. The van der Waals surface area contributed by atoms with E-state index in [0.717, 1.165) is 11.1 Å². The Bertz CT molecular complexity index is 1040. The summed E-state index contributed by atoms with van der Waals surface area (Å²) in [5.41, 5.74) is 0.370. The van der Waals surface area contributed by atoms with E-state index in [-0.39, 0.29) is 25.2 Å². The molecule has 2 aromatic carbocycles. The van der Waals surface area contributed by atoms with Crippen LogP contribution in [0, 0.1) is 10.8 Å². The fraction of sp³-hybridized carbons (Fsp3) is 0.517. The maximum absolute atomic E-state index is 12.7. The molecule has 0 N–H and O–H groups in total. The molecular formula is C29H40O6S2. The Kier molecular flexibility index (Phi) is 12.7. The second-order valence-corrected chi connectivity index (χ2v) is 13.5. The lowest BCUT2D eigenvalue weighted by Crippen LogP contribution is -2.31. The molecule has 0 aliphatic rings. The molecule has 0 aromatic heterocycles. The van der Waals surface area contributed by atoms with Crippen LogP contribution in [0.15, 0.2) is 60.7 Å². The molecule has 2 aromatic rings. The normalized spacial score (nSPS) is 14.8. The maximum Gasteiger partial charge on any atom is 0.312 e. The molecule has 3 unspecified atom stereocenters. The van der Waals surface area contributed by atoms with E-state index in [0.29, 0.717) is 42.3 Å². The minimum absolute atomic E-state index is 0.210. The van der Waals surface area contributed by atoms with E-state index in [1.807, 2.05) is 74.5 Å². The summed E-state index contributed by atoms with van der Waals surface area (Å²) in [7, 11) is -2.39. The van der Waals surface area contributed by atoms with E-state index in [1.54, 1.807) is 13.8 Å². The number of carbonyl (C=O) groups excluding carboxylic acids is 2. The first kappa shape index (κ1) is 30.9. The fourth-order valence-electron chi connectivity index (χ4n) is 3.44. The summed E-state index contributed by atoms with van der Waals surface area (Å²) < 4.78 is 36.1. The highest BCUT2D eigenvalue weighted by molar-refractivity contribution is 7.88. The molecule has 0 fully saturated rings. The third-order valence-corrected chi connectivity index (χ3v) is 9.52. The van der Waals surface area contributed by atoms with Crippen molar-refractivity contribution in [1.82, 2.24) is 0 Å². The summed E-state index contributed by atoms with van der Waals surface area (Å²) in [6.45, 7) is 7.77. The van der Waals surface area contributed by atoms with Crippen LogP contribution in [0.25, 0.3) is 0 Å². The van der Waals surface area contributed by atoms with E-state index >= 15 is 0 Å². The Hall–Kier alpha value is -2.32. The van der Waals surface area contributed by atoms with Crippen molar-refractivity contribution in [3.63, 3.8) is 0 Å². The van der Waals surface area contributed by atoms with Crippen molar-refractivity contribution in [2.24, 2.45) is 10.8 Å². The first-order valence-corrected chi connectivity index (χ1v) is 15.7. The first-order chi connectivity index (χ1) is 17.6. The molecule has 0 heterocycles. The molecule has 0 spiro atoms. The van der Waals surface area contributed by atoms with Crippen molar-refractivity contribution < 1.29 is 27.5 Å². The number of hydrogen-bond donors (Lipinski definition) is 0. The van der Waals surface area contributed by atoms with Crippen LogP contribution >= 0.6 is 0 Å². The van der Waals surface area contributed by atoms with Gasteiger partial charge in [-0.1, -0.05) is 67.6 Å². The zero-order valence-corrected chi connectivity index (χ0v) is 24.0. The maximum atomic E-state index is 12.7. The third kappa shape index (κ3) is 10.9. The van der Waals surface area contributed by atoms with E-state index in [2.05, 4.69) is 0 Å². The van der Waals surface area contributed by atoms with E-state index in [4.69, 9.17) is 9.47 Å². The van der Waals surface area contributed by atoms with Gasteiger partial charge in [-0.15, -0.1) is 0 Å². The summed E-state index contributed by atoms with van der Waals surface area (Å²) in [5, 5.41) is 0. The highest BCUT2D eigenvalue weighted by Gasteiger charge is 2.33. The van der Waals surface area contributed by atoms with Gasteiger partial charge >= 0.3 is 11.9 Å². The molecule has 0 saturated heterocycles. The predicted molar refractivity (Wildman–Crippen MR) is 150 cm³/mol. The zero-order valence-electron chi connectivity index (χ0n) is 22.4. The molecule has 8 heteroatoms. The summed E-state index contributed by atoms with van der Waals surface area (Å²) in [6.07, 6.45) is 1.44. The lowest BCUT2D eigenvalue weighted by atomic mass is 9.85. The lowest BCUT2D eigenvalue weighted by Gasteiger charge is -2.25. The monoisotopic (exact) mass is 548 g/mol. The lowest BCUT2D eigenvalue weighted by molar-refractivity contribution is -0.157. The first-order valence-electron chi connectivity index (χ1n) is 12.7. The third-order valence-electron chi connectivity index (χ3n) is 6.63. The van der Waals surface area contributed by atoms with Gasteiger partial charge in [-0.05, 0) is 51.2 Å². The van der Waals surface area contributed by atoms with Crippen molar-refractivity contribution in [3.8, 4) is 0 Å². The SMILES string of the molecule is CCC(C)(CCS(=O)CCS(=O)CCC(C)(C)C(=O)OCc1ccccc1)C(=O)OCc1ccccc1. The van der Waals surface area contributed by atoms with Gasteiger partial charge < -0.3 is 9.47 Å². The van der Waals surface area contributed by atoms with Crippen molar-refractivity contribution in [1.29, 1.82) is 0 Å². The summed E-state index contributed by atoms with van der Waals surface area (Å²) in [5.74, 6) is 0.659. The van der Waals surface area contributed by atoms with Gasteiger partial charge in [0.05, 0.1) is 10.8 Å². The molecule has 204 valence electrons. The van der Waals surface area contributed by atoms with Gasteiger partial charge in [0, 0.05) is 44.6 Å². The molecule has 3 atom stereocenters. The van der Waals surface area contributed by atoms with Gasteiger partial charge in [0.2, 0.25) is 0 Å². The second kappa shape index (κ2) is 15.2. The largest absolute Gasteiger partial charge is 0.460 e. The summed E-state index contributed by atoms with van der Waals surface area (Å²) in [6, 6.07) is 19.0. The van der Waals surface area contributed by atoms with Crippen LogP contribution in [0.2, 0.25) is 0 Å². The predicted octanol–water partition coefficient (Wildman–Crippen LogP) is 5.19. The topological polar surface area (TPSA) is 86.7 Å². The van der Waals surface area contributed by atoms with Crippen LogP contribution in [-0.2, 0) is 53.9 Å². The van der Waals surface area contributed by atoms with E-state index in [9.17, 15) is 18.0 Å². The molecule has 0 aliphatic heterocycles. The summed E-state index contributed by atoms with van der Waals surface area (Å²) >= 11 is 0. The van der Waals surface area contributed by atoms with Crippen molar-refractivity contribution in [2.45, 2.75) is 60.2 Å². The average Bonchev–Trinajstić information content (AvgIpc) is 2.92. The Morgan fingerprint density at radius 1 is 0.676 bits per heavy atom. The van der Waals surface area contributed by atoms with Gasteiger partial charge in [0.1, 0.15) is 13.2 Å². The number of benzene rings is 2. The van der Waals surface area contributed by atoms with Crippen molar-refractivity contribution >= 4 is 33.5 Å². The Balaban J connectivity index is 1.70. The van der Waals surface area contributed by atoms with Crippen LogP contribution in [0.1, 0.15) is 58.1 Å². The van der Waals surface area contributed by atoms with Crippen LogP contribution in [-0.4, -0.2) is 43.4 Å². The Morgan fingerprint density at radius 2 is 1.11 bits per heavy atom.